The summed E-state index contributed by atoms with van der Waals surface area (Å²) in [5, 5.41) is 4.95. The van der Waals surface area contributed by atoms with Crippen molar-refractivity contribution in [3.05, 3.63) is 102 Å². The molecule has 0 atom stereocenters. The minimum atomic E-state index is -0.481. The van der Waals surface area contributed by atoms with Gasteiger partial charge in [-0.3, -0.25) is 5.32 Å². The first-order chi connectivity index (χ1) is 14.2. The molecule has 0 spiro atoms. The van der Waals surface area contributed by atoms with Gasteiger partial charge in [-0.25, -0.2) is 9.78 Å². The number of allylic oxidation sites excluding steroid dienone is 1. The third-order valence-corrected chi connectivity index (χ3v) is 4.71. The van der Waals surface area contributed by atoms with Crippen molar-refractivity contribution in [3.8, 4) is 0 Å². The number of nitrogens with zero attached hydrogens (tertiary/aromatic N) is 1. The van der Waals surface area contributed by atoms with E-state index in [0.29, 0.717) is 5.69 Å². The number of fused-ring (bicyclic) bond motifs is 1. The zero-order valence-corrected chi connectivity index (χ0v) is 16.1. The molecule has 4 rings (SSSR count). The van der Waals surface area contributed by atoms with Gasteiger partial charge in [-0.05, 0) is 41.0 Å². The van der Waals surface area contributed by atoms with Crippen molar-refractivity contribution in [1.82, 2.24) is 9.97 Å². The highest BCUT2D eigenvalue weighted by molar-refractivity contribution is 5.99. The molecular weight excluding hydrogens is 362 g/mol. The highest BCUT2D eigenvalue weighted by Crippen LogP contribution is 2.30. The summed E-state index contributed by atoms with van der Waals surface area (Å²) < 4.78 is 5.33. The maximum atomic E-state index is 12.2. The van der Waals surface area contributed by atoms with Gasteiger partial charge in [0.2, 0.25) is 0 Å². The fourth-order valence-corrected chi connectivity index (χ4v) is 3.32. The number of rotatable bonds is 5. The van der Waals surface area contributed by atoms with E-state index in [0.717, 1.165) is 33.2 Å². The molecule has 0 aliphatic carbocycles. The van der Waals surface area contributed by atoms with E-state index in [4.69, 9.17) is 4.74 Å². The molecule has 0 saturated heterocycles. The van der Waals surface area contributed by atoms with E-state index in [9.17, 15) is 4.79 Å². The molecule has 0 aliphatic heterocycles. The monoisotopic (exact) mass is 383 g/mol. The van der Waals surface area contributed by atoms with Crippen LogP contribution in [0.15, 0.2) is 85.3 Å². The Morgan fingerprint density at radius 1 is 1.10 bits per heavy atom. The van der Waals surface area contributed by atoms with Crippen molar-refractivity contribution >= 4 is 28.1 Å². The van der Waals surface area contributed by atoms with Crippen LogP contribution >= 0.6 is 0 Å². The Balaban J connectivity index is 1.58. The van der Waals surface area contributed by atoms with Crippen LogP contribution < -0.4 is 5.32 Å². The molecule has 0 radical (unpaired) electrons. The molecule has 0 aliphatic rings. The second-order valence-electron chi connectivity index (χ2n) is 6.60. The third kappa shape index (κ3) is 4.19. The van der Waals surface area contributed by atoms with Crippen LogP contribution in [0.1, 0.15) is 23.7 Å². The van der Waals surface area contributed by atoms with Crippen LogP contribution in [0.3, 0.4) is 0 Å². The second-order valence-corrected chi connectivity index (χ2v) is 6.60. The molecule has 4 aromatic rings. The lowest BCUT2D eigenvalue weighted by Crippen LogP contribution is -2.13. The van der Waals surface area contributed by atoms with Crippen molar-refractivity contribution in [2.75, 3.05) is 5.32 Å². The molecule has 0 bridgehead atoms. The molecule has 2 N–H and O–H groups in total. The van der Waals surface area contributed by atoms with Crippen LogP contribution in [0.2, 0.25) is 0 Å². The number of carbonyl (C=O) groups excluding carboxylic acids is 1. The Morgan fingerprint density at radius 3 is 2.72 bits per heavy atom. The fraction of sp³-hybridized carbons (Fsp3) is 0.0833. The summed E-state index contributed by atoms with van der Waals surface area (Å²) in [5.41, 5.74) is 4.69. The van der Waals surface area contributed by atoms with E-state index in [1.54, 1.807) is 12.5 Å². The number of hydrogen-bond acceptors (Lipinski definition) is 3. The summed E-state index contributed by atoms with van der Waals surface area (Å²) in [7, 11) is 0. The number of hydrogen-bond donors (Lipinski definition) is 2. The number of imidazole rings is 1. The van der Waals surface area contributed by atoms with E-state index in [1.807, 2.05) is 61.5 Å². The first-order valence-corrected chi connectivity index (χ1v) is 9.40. The Kier molecular flexibility index (Phi) is 5.38. The summed E-state index contributed by atoms with van der Waals surface area (Å²) in [4.78, 5) is 19.5. The number of aromatic nitrogens is 2. The van der Waals surface area contributed by atoms with Crippen LogP contribution in [-0.2, 0) is 11.3 Å². The smallest absolute Gasteiger partial charge is 0.411 e. The molecule has 5 nitrogen and oxygen atoms in total. The average Bonchev–Trinajstić information content (AvgIpc) is 3.28. The van der Waals surface area contributed by atoms with Crippen molar-refractivity contribution in [3.63, 3.8) is 0 Å². The van der Waals surface area contributed by atoms with Crippen LogP contribution in [0.5, 0.6) is 0 Å². The molecule has 1 heterocycles. The van der Waals surface area contributed by atoms with Gasteiger partial charge in [0.1, 0.15) is 6.61 Å². The number of aromatic amines is 1. The molecule has 144 valence electrons. The summed E-state index contributed by atoms with van der Waals surface area (Å²) in [5.74, 6) is 0. The van der Waals surface area contributed by atoms with Crippen LogP contribution in [0.25, 0.3) is 16.3 Å². The van der Waals surface area contributed by atoms with E-state index in [-0.39, 0.29) is 6.61 Å². The largest absolute Gasteiger partial charge is 0.444 e. The number of anilines is 1. The maximum Gasteiger partial charge on any atom is 0.411 e. The van der Waals surface area contributed by atoms with Gasteiger partial charge in [0.25, 0.3) is 0 Å². The number of benzene rings is 3. The Bertz CT molecular complexity index is 1150. The summed E-state index contributed by atoms with van der Waals surface area (Å²) in [6.07, 6.45) is 5.04. The Labute approximate surface area is 169 Å². The predicted molar refractivity (Wildman–Crippen MR) is 116 cm³/mol. The zero-order chi connectivity index (χ0) is 20.1. The molecule has 0 fully saturated rings. The van der Waals surface area contributed by atoms with E-state index in [1.165, 1.54) is 0 Å². The van der Waals surface area contributed by atoms with Gasteiger partial charge < -0.3 is 9.72 Å². The van der Waals surface area contributed by atoms with Gasteiger partial charge in [-0.15, -0.1) is 0 Å². The number of amides is 1. The summed E-state index contributed by atoms with van der Waals surface area (Å²) >= 11 is 0. The lowest BCUT2D eigenvalue weighted by molar-refractivity contribution is 0.155. The minimum Gasteiger partial charge on any atom is -0.444 e. The first kappa shape index (κ1) is 18.5. The van der Waals surface area contributed by atoms with Gasteiger partial charge in [-0.1, -0.05) is 60.7 Å². The molecule has 0 saturated carbocycles. The standard InChI is InChI=1S/C24H21N3O2/c1-2-20(23-14-25-16-26-23)21-10-6-9-18-11-12-19(13-22(18)21)27-24(28)29-15-17-7-4-3-5-8-17/h2-14,16H,15H2,1H3,(H,25,26)(H,27,28). The fourth-order valence-electron chi connectivity index (χ4n) is 3.32. The lowest BCUT2D eigenvalue weighted by Gasteiger charge is -2.12. The van der Waals surface area contributed by atoms with E-state index >= 15 is 0 Å². The molecule has 3 aromatic carbocycles. The van der Waals surface area contributed by atoms with Crippen LogP contribution in [0.4, 0.5) is 10.5 Å². The van der Waals surface area contributed by atoms with E-state index < -0.39 is 6.09 Å². The predicted octanol–water partition coefficient (Wildman–Crippen LogP) is 5.76. The summed E-state index contributed by atoms with van der Waals surface area (Å²) in [6.45, 7) is 2.23. The quantitative estimate of drug-likeness (QED) is 0.460. The number of ether oxygens (including phenoxy) is 1. The van der Waals surface area contributed by atoms with Crippen molar-refractivity contribution in [2.45, 2.75) is 13.5 Å². The molecule has 5 heteroatoms. The van der Waals surface area contributed by atoms with E-state index in [2.05, 4.69) is 33.5 Å². The van der Waals surface area contributed by atoms with Gasteiger partial charge in [-0.2, -0.15) is 0 Å². The lowest BCUT2D eigenvalue weighted by atomic mass is 9.96. The molecule has 1 amide bonds. The van der Waals surface area contributed by atoms with Crippen molar-refractivity contribution in [2.24, 2.45) is 0 Å². The highest BCUT2D eigenvalue weighted by Gasteiger charge is 2.11. The minimum absolute atomic E-state index is 0.230. The number of carbonyl (C=O) groups is 1. The van der Waals surface area contributed by atoms with Crippen molar-refractivity contribution in [1.29, 1.82) is 0 Å². The first-order valence-electron chi connectivity index (χ1n) is 9.40. The average molecular weight is 383 g/mol. The van der Waals surface area contributed by atoms with Gasteiger partial charge >= 0.3 is 6.09 Å². The molecule has 0 unspecified atom stereocenters. The topological polar surface area (TPSA) is 67.0 Å². The highest BCUT2D eigenvalue weighted by atomic mass is 16.5. The van der Waals surface area contributed by atoms with Crippen molar-refractivity contribution < 1.29 is 9.53 Å². The molecule has 29 heavy (non-hydrogen) atoms. The summed E-state index contributed by atoms with van der Waals surface area (Å²) in [6, 6.07) is 21.6. The zero-order valence-electron chi connectivity index (χ0n) is 16.1. The Morgan fingerprint density at radius 2 is 1.97 bits per heavy atom. The van der Waals surface area contributed by atoms with Gasteiger partial charge in [0.05, 0.1) is 18.2 Å². The molecule has 1 aromatic heterocycles. The third-order valence-electron chi connectivity index (χ3n) is 4.71. The number of nitrogens with one attached hydrogen (secondary N) is 2. The maximum absolute atomic E-state index is 12.2. The normalized spacial score (nSPS) is 11.4. The Hall–Kier alpha value is -3.86. The SMILES string of the molecule is CC=C(c1cnc[nH]1)c1cccc2ccc(NC(=O)OCc3ccccc3)cc12. The van der Waals surface area contributed by atoms with Gasteiger partial charge in [0.15, 0.2) is 0 Å². The van der Waals surface area contributed by atoms with Crippen LogP contribution in [0, 0.1) is 0 Å². The van der Waals surface area contributed by atoms with Crippen LogP contribution in [-0.4, -0.2) is 16.1 Å². The van der Waals surface area contributed by atoms with Gasteiger partial charge in [0, 0.05) is 11.3 Å². The molecular formula is C24H21N3O2. The second kappa shape index (κ2) is 8.44. The number of H-pyrrole nitrogens is 1.